The van der Waals surface area contributed by atoms with Crippen LogP contribution in [-0.4, -0.2) is 33.9 Å². The third-order valence-electron chi connectivity index (χ3n) is 4.31. The standard InChI is InChI=1S/C19H18N4O2/c24-19(15-5-1-4-14(12-15)16-7-11-25-13-16)22-17-6-2-8-20-18(17)23-10-3-9-21-23/h1-6,8-10,12,16H,7,11,13H2,(H,22,24). The number of benzene rings is 1. The van der Waals surface area contributed by atoms with Crippen LogP contribution in [0, 0.1) is 0 Å². The zero-order chi connectivity index (χ0) is 17.1. The van der Waals surface area contributed by atoms with Gasteiger partial charge in [0.05, 0.1) is 12.3 Å². The van der Waals surface area contributed by atoms with E-state index in [0.717, 1.165) is 25.2 Å². The van der Waals surface area contributed by atoms with E-state index in [2.05, 4.69) is 21.5 Å². The van der Waals surface area contributed by atoms with E-state index in [1.54, 1.807) is 29.3 Å². The highest BCUT2D eigenvalue weighted by Gasteiger charge is 2.19. The largest absolute Gasteiger partial charge is 0.381 e. The number of ether oxygens (including phenoxy) is 1. The molecular weight excluding hydrogens is 316 g/mol. The summed E-state index contributed by atoms with van der Waals surface area (Å²) < 4.78 is 7.07. The minimum atomic E-state index is -0.165. The third kappa shape index (κ3) is 3.29. The molecule has 1 aliphatic rings. The molecule has 3 heterocycles. The van der Waals surface area contributed by atoms with Crippen LogP contribution < -0.4 is 5.32 Å². The molecule has 6 heteroatoms. The van der Waals surface area contributed by atoms with Crippen molar-refractivity contribution in [3.05, 3.63) is 72.2 Å². The molecular formula is C19H18N4O2. The van der Waals surface area contributed by atoms with Gasteiger partial charge in [0.15, 0.2) is 5.82 Å². The fourth-order valence-corrected chi connectivity index (χ4v) is 3.00. The Morgan fingerprint density at radius 1 is 1.20 bits per heavy atom. The van der Waals surface area contributed by atoms with E-state index in [4.69, 9.17) is 4.74 Å². The Labute approximate surface area is 145 Å². The lowest BCUT2D eigenvalue weighted by atomic mass is 9.96. The summed E-state index contributed by atoms with van der Waals surface area (Å²) in [4.78, 5) is 17.0. The van der Waals surface area contributed by atoms with Crippen LogP contribution in [0.15, 0.2) is 61.1 Å². The van der Waals surface area contributed by atoms with Gasteiger partial charge < -0.3 is 10.1 Å². The van der Waals surface area contributed by atoms with Gasteiger partial charge in [-0.05, 0) is 42.3 Å². The second-order valence-corrected chi connectivity index (χ2v) is 5.97. The number of aromatic nitrogens is 3. The lowest BCUT2D eigenvalue weighted by Crippen LogP contribution is -2.15. The summed E-state index contributed by atoms with van der Waals surface area (Å²) in [6.45, 7) is 1.50. The van der Waals surface area contributed by atoms with E-state index < -0.39 is 0 Å². The van der Waals surface area contributed by atoms with Crippen molar-refractivity contribution in [2.24, 2.45) is 0 Å². The number of hydrogen-bond acceptors (Lipinski definition) is 4. The first-order valence-corrected chi connectivity index (χ1v) is 8.25. The predicted octanol–water partition coefficient (Wildman–Crippen LogP) is 3.02. The molecule has 4 rings (SSSR count). The van der Waals surface area contributed by atoms with Gasteiger partial charge in [0.2, 0.25) is 0 Å². The predicted molar refractivity (Wildman–Crippen MR) is 93.9 cm³/mol. The normalized spacial score (nSPS) is 16.7. The third-order valence-corrected chi connectivity index (χ3v) is 4.31. The monoisotopic (exact) mass is 334 g/mol. The number of nitrogens with one attached hydrogen (secondary N) is 1. The van der Waals surface area contributed by atoms with E-state index in [-0.39, 0.29) is 5.91 Å². The second kappa shape index (κ2) is 6.86. The molecule has 3 aromatic rings. The van der Waals surface area contributed by atoms with Crippen molar-refractivity contribution in [2.75, 3.05) is 18.5 Å². The van der Waals surface area contributed by atoms with Crippen LogP contribution in [0.3, 0.4) is 0 Å². The van der Waals surface area contributed by atoms with Crippen molar-refractivity contribution in [2.45, 2.75) is 12.3 Å². The summed E-state index contributed by atoms with van der Waals surface area (Å²) >= 11 is 0. The molecule has 0 radical (unpaired) electrons. The summed E-state index contributed by atoms with van der Waals surface area (Å²) in [6, 6.07) is 13.1. The van der Waals surface area contributed by atoms with Gasteiger partial charge in [-0.15, -0.1) is 0 Å². The number of rotatable bonds is 4. The number of anilines is 1. The maximum absolute atomic E-state index is 12.7. The molecule has 2 aromatic heterocycles. The van der Waals surface area contributed by atoms with Crippen LogP contribution in [0.25, 0.3) is 5.82 Å². The Balaban J connectivity index is 1.58. The Morgan fingerprint density at radius 2 is 2.16 bits per heavy atom. The van der Waals surface area contributed by atoms with Crippen LogP contribution in [0.4, 0.5) is 5.69 Å². The lowest BCUT2D eigenvalue weighted by molar-refractivity contribution is 0.102. The highest BCUT2D eigenvalue weighted by Crippen LogP contribution is 2.26. The van der Waals surface area contributed by atoms with Gasteiger partial charge in [-0.25, -0.2) is 9.67 Å². The molecule has 1 saturated heterocycles. The van der Waals surface area contributed by atoms with Crippen molar-refractivity contribution in [1.29, 1.82) is 0 Å². The number of carbonyl (C=O) groups excluding carboxylic acids is 1. The van der Waals surface area contributed by atoms with E-state index >= 15 is 0 Å². The van der Waals surface area contributed by atoms with Gasteiger partial charge in [0, 0.05) is 36.7 Å². The molecule has 6 nitrogen and oxygen atoms in total. The van der Waals surface area contributed by atoms with Gasteiger partial charge in [0.1, 0.15) is 0 Å². The van der Waals surface area contributed by atoms with Crippen molar-refractivity contribution in [1.82, 2.24) is 14.8 Å². The van der Waals surface area contributed by atoms with E-state index in [1.165, 1.54) is 0 Å². The molecule has 0 bridgehead atoms. The van der Waals surface area contributed by atoms with Crippen molar-refractivity contribution in [3.63, 3.8) is 0 Å². The fraction of sp³-hybridized carbons (Fsp3) is 0.211. The lowest BCUT2D eigenvalue weighted by Gasteiger charge is -2.12. The summed E-state index contributed by atoms with van der Waals surface area (Å²) in [7, 11) is 0. The van der Waals surface area contributed by atoms with Crippen LogP contribution in [0.1, 0.15) is 28.3 Å². The first kappa shape index (κ1) is 15.5. The minimum absolute atomic E-state index is 0.165. The van der Waals surface area contributed by atoms with Gasteiger partial charge in [-0.3, -0.25) is 4.79 Å². The molecule has 25 heavy (non-hydrogen) atoms. The smallest absolute Gasteiger partial charge is 0.255 e. The van der Waals surface area contributed by atoms with Crippen molar-refractivity contribution in [3.8, 4) is 5.82 Å². The molecule has 1 aromatic carbocycles. The molecule has 1 fully saturated rings. The average molecular weight is 334 g/mol. The number of pyridine rings is 1. The van der Waals surface area contributed by atoms with Crippen LogP contribution in [-0.2, 0) is 4.74 Å². The Hall–Kier alpha value is -2.99. The number of amides is 1. The first-order valence-electron chi connectivity index (χ1n) is 8.25. The zero-order valence-electron chi connectivity index (χ0n) is 13.6. The highest BCUT2D eigenvalue weighted by molar-refractivity contribution is 6.05. The van der Waals surface area contributed by atoms with Gasteiger partial charge in [0.25, 0.3) is 5.91 Å². The first-order chi connectivity index (χ1) is 12.3. The SMILES string of the molecule is O=C(Nc1cccnc1-n1cccn1)c1cccc(C2CCOC2)c1. The summed E-state index contributed by atoms with van der Waals surface area (Å²) in [5.74, 6) is 0.786. The Bertz CT molecular complexity index is 871. The Kier molecular flexibility index (Phi) is 4.26. The molecule has 1 aliphatic heterocycles. The van der Waals surface area contributed by atoms with Gasteiger partial charge in [-0.1, -0.05) is 12.1 Å². The number of nitrogens with zero attached hydrogens (tertiary/aromatic N) is 3. The van der Waals surface area contributed by atoms with Crippen LogP contribution in [0.5, 0.6) is 0 Å². The Morgan fingerprint density at radius 3 is 2.96 bits per heavy atom. The van der Waals surface area contributed by atoms with Crippen molar-refractivity contribution >= 4 is 11.6 Å². The molecule has 1 atom stereocenters. The molecule has 1 amide bonds. The van der Waals surface area contributed by atoms with E-state index in [9.17, 15) is 4.79 Å². The highest BCUT2D eigenvalue weighted by atomic mass is 16.5. The molecule has 0 saturated carbocycles. The maximum Gasteiger partial charge on any atom is 0.255 e. The van der Waals surface area contributed by atoms with E-state index in [1.807, 2.05) is 30.3 Å². The maximum atomic E-state index is 12.7. The second-order valence-electron chi connectivity index (χ2n) is 5.97. The molecule has 1 N–H and O–H groups in total. The minimum Gasteiger partial charge on any atom is -0.381 e. The zero-order valence-corrected chi connectivity index (χ0v) is 13.6. The van der Waals surface area contributed by atoms with Crippen LogP contribution >= 0.6 is 0 Å². The van der Waals surface area contributed by atoms with Gasteiger partial charge in [-0.2, -0.15) is 5.10 Å². The molecule has 0 aliphatic carbocycles. The summed E-state index contributed by atoms with van der Waals surface area (Å²) in [6.07, 6.45) is 6.14. The van der Waals surface area contributed by atoms with Crippen LogP contribution in [0.2, 0.25) is 0 Å². The number of carbonyl (C=O) groups is 1. The molecule has 126 valence electrons. The number of hydrogen-bond donors (Lipinski definition) is 1. The molecule has 0 spiro atoms. The fourth-order valence-electron chi connectivity index (χ4n) is 3.00. The topological polar surface area (TPSA) is 69.0 Å². The average Bonchev–Trinajstić information content (AvgIpc) is 3.36. The summed E-state index contributed by atoms with van der Waals surface area (Å²) in [5, 5.41) is 7.12. The molecule has 1 unspecified atom stereocenters. The van der Waals surface area contributed by atoms with Crippen molar-refractivity contribution < 1.29 is 9.53 Å². The quantitative estimate of drug-likeness (QED) is 0.796. The van der Waals surface area contributed by atoms with E-state index in [0.29, 0.717) is 23.0 Å². The summed E-state index contributed by atoms with van der Waals surface area (Å²) in [5.41, 5.74) is 2.38. The van der Waals surface area contributed by atoms with Gasteiger partial charge >= 0.3 is 0 Å².